The van der Waals surface area contributed by atoms with Gasteiger partial charge in [-0.1, -0.05) is 12.1 Å². The van der Waals surface area contributed by atoms with Crippen LogP contribution in [0.25, 0.3) is 28.0 Å². The number of carboxylic acid groups (broad SMARTS) is 1. The minimum Gasteiger partial charge on any atom is -0.478 e. The van der Waals surface area contributed by atoms with Gasteiger partial charge in [-0.3, -0.25) is 0 Å². The van der Waals surface area contributed by atoms with E-state index in [-0.39, 0.29) is 0 Å². The summed E-state index contributed by atoms with van der Waals surface area (Å²) in [6, 6.07) is 7.44. The molecule has 1 aromatic rings. The van der Waals surface area contributed by atoms with Gasteiger partial charge in [-0.05, 0) is 40.4 Å². The molecule has 2 aliphatic heterocycles. The molecule has 0 saturated heterocycles. The van der Waals surface area contributed by atoms with Crippen LogP contribution in [0.3, 0.4) is 0 Å². The molecule has 2 heterocycles. The van der Waals surface area contributed by atoms with Crippen molar-refractivity contribution in [2.24, 2.45) is 0 Å². The third kappa shape index (κ3) is 1.55. The Bertz CT molecular complexity index is 847. The van der Waals surface area contributed by atoms with Crippen LogP contribution in [0.1, 0.15) is 15.2 Å². The van der Waals surface area contributed by atoms with Crippen LogP contribution in [-0.2, 0) is 0 Å². The molecular weight excluding hydrogens is 270 g/mol. The third-order valence-corrected chi connectivity index (χ3v) is 4.61. The van der Waals surface area contributed by atoms with Crippen molar-refractivity contribution < 1.29 is 9.90 Å². The lowest BCUT2D eigenvalue weighted by Crippen LogP contribution is -2.04. The Morgan fingerprint density at radius 2 is 2.15 bits per heavy atom. The van der Waals surface area contributed by atoms with Gasteiger partial charge in [0, 0.05) is 17.7 Å². The van der Waals surface area contributed by atoms with E-state index in [4.69, 9.17) is 5.11 Å². The van der Waals surface area contributed by atoms with Crippen molar-refractivity contribution in [3.8, 4) is 11.1 Å². The summed E-state index contributed by atoms with van der Waals surface area (Å²) < 4.78 is 0. The number of carboxylic acids is 1. The smallest absolute Gasteiger partial charge is 0.335 e. The SMILES string of the molecule is O=C(O)c1ccc2cc3c4c(scc-3c2c1)C=CCN4. The molecule has 0 bridgehead atoms. The van der Waals surface area contributed by atoms with E-state index in [0.29, 0.717) is 5.56 Å². The van der Waals surface area contributed by atoms with Gasteiger partial charge in [0.25, 0.3) is 0 Å². The van der Waals surface area contributed by atoms with Crippen molar-refractivity contribution in [3.63, 3.8) is 0 Å². The van der Waals surface area contributed by atoms with E-state index in [1.807, 2.05) is 6.07 Å². The highest BCUT2D eigenvalue weighted by Gasteiger charge is 2.18. The number of hydrogen-bond donors (Lipinski definition) is 2. The number of fused-ring (bicyclic) bond motifs is 5. The Hall–Kier alpha value is -2.33. The first-order valence-corrected chi connectivity index (χ1v) is 7.24. The number of anilines is 1. The second-order valence-corrected chi connectivity index (χ2v) is 5.75. The predicted molar refractivity (Wildman–Crippen MR) is 82.9 cm³/mol. The van der Waals surface area contributed by atoms with Gasteiger partial charge in [-0.25, -0.2) is 4.79 Å². The summed E-state index contributed by atoms with van der Waals surface area (Å²) in [6.07, 6.45) is 4.24. The highest BCUT2D eigenvalue weighted by molar-refractivity contribution is 7.11. The molecule has 0 unspecified atom stereocenters. The van der Waals surface area contributed by atoms with Crippen molar-refractivity contribution in [3.05, 3.63) is 46.2 Å². The lowest BCUT2D eigenvalue weighted by Gasteiger charge is -2.16. The monoisotopic (exact) mass is 281 g/mol. The first-order chi connectivity index (χ1) is 9.74. The van der Waals surface area contributed by atoms with Crippen molar-refractivity contribution >= 4 is 39.8 Å². The molecule has 0 atom stereocenters. The fraction of sp³-hybridized carbons (Fsp3) is 0.0625. The maximum absolute atomic E-state index is 11.1. The summed E-state index contributed by atoms with van der Waals surface area (Å²) in [6.45, 7) is 0.834. The first-order valence-electron chi connectivity index (χ1n) is 6.36. The molecule has 0 saturated carbocycles. The topological polar surface area (TPSA) is 49.3 Å². The van der Waals surface area contributed by atoms with Gasteiger partial charge in [0.1, 0.15) is 0 Å². The Kier molecular flexibility index (Phi) is 2.35. The van der Waals surface area contributed by atoms with Gasteiger partial charge in [-0.2, -0.15) is 0 Å². The van der Waals surface area contributed by atoms with E-state index in [9.17, 15) is 4.79 Å². The zero-order valence-electron chi connectivity index (χ0n) is 10.5. The fourth-order valence-corrected chi connectivity index (χ4v) is 3.68. The minimum absolute atomic E-state index is 0.334. The van der Waals surface area contributed by atoms with Crippen molar-refractivity contribution in [1.82, 2.24) is 0 Å². The standard InChI is InChI=1S/C16H11NO2S/c18-16(19)10-4-3-9-6-12-13(11(9)7-10)8-20-14-2-1-5-17-15(12)14/h1-4,6-8,17H,5H2,(H,18,19). The van der Waals surface area contributed by atoms with Crippen LogP contribution in [0.2, 0.25) is 0 Å². The van der Waals surface area contributed by atoms with E-state index in [1.54, 1.807) is 23.5 Å². The highest BCUT2D eigenvalue weighted by Crippen LogP contribution is 2.44. The molecule has 98 valence electrons. The summed E-state index contributed by atoms with van der Waals surface area (Å²) >= 11 is 1.68. The molecule has 0 amide bonds. The molecule has 1 aromatic carbocycles. The van der Waals surface area contributed by atoms with E-state index >= 15 is 0 Å². The van der Waals surface area contributed by atoms with Gasteiger partial charge in [-0.15, -0.1) is 11.3 Å². The summed E-state index contributed by atoms with van der Waals surface area (Å²) in [5, 5.41) is 16.7. The molecule has 4 rings (SSSR count). The second kappa shape index (κ2) is 4.08. The maximum Gasteiger partial charge on any atom is 0.335 e. The summed E-state index contributed by atoms with van der Waals surface area (Å²) in [7, 11) is 0. The number of nitrogens with one attached hydrogen (secondary N) is 1. The Balaban J connectivity index is 2.05. The maximum atomic E-state index is 11.1. The number of aromatic carboxylic acids is 1. The average Bonchev–Trinajstić information content (AvgIpc) is 2.85. The van der Waals surface area contributed by atoms with Gasteiger partial charge in [0.05, 0.1) is 16.1 Å². The van der Waals surface area contributed by atoms with E-state index in [0.717, 1.165) is 28.6 Å². The van der Waals surface area contributed by atoms with Gasteiger partial charge in [0.15, 0.2) is 0 Å². The van der Waals surface area contributed by atoms with E-state index in [1.165, 1.54) is 10.4 Å². The molecule has 0 spiro atoms. The predicted octanol–water partition coefficient (Wildman–Crippen LogP) is 4.14. The summed E-state index contributed by atoms with van der Waals surface area (Å²) in [5.74, 6) is -0.885. The lowest BCUT2D eigenvalue weighted by molar-refractivity contribution is 0.0697. The van der Waals surface area contributed by atoms with E-state index in [2.05, 4.69) is 28.9 Å². The van der Waals surface area contributed by atoms with Gasteiger partial charge >= 0.3 is 5.97 Å². The third-order valence-electron chi connectivity index (χ3n) is 3.67. The minimum atomic E-state index is -0.885. The van der Waals surface area contributed by atoms with Crippen molar-refractivity contribution in [1.29, 1.82) is 0 Å². The van der Waals surface area contributed by atoms with Crippen molar-refractivity contribution in [2.45, 2.75) is 0 Å². The molecule has 3 aliphatic rings. The average molecular weight is 281 g/mol. The van der Waals surface area contributed by atoms with Crippen LogP contribution < -0.4 is 5.32 Å². The van der Waals surface area contributed by atoms with Crippen LogP contribution in [0.5, 0.6) is 0 Å². The lowest BCUT2D eigenvalue weighted by atomic mass is 10.1. The quantitative estimate of drug-likeness (QED) is 0.704. The van der Waals surface area contributed by atoms with E-state index < -0.39 is 5.97 Å². The largest absolute Gasteiger partial charge is 0.478 e. The number of benzene rings is 1. The molecule has 2 N–H and O–H groups in total. The second-order valence-electron chi connectivity index (χ2n) is 4.84. The zero-order chi connectivity index (χ0) is 13.7. The summed E-state index contributed by atoms with van der Waals surface area (Å²) in [5.41, 5.74) is 3.78. The Morgan fingerprint density at radius 3 is 3.00 bits per heavy atom. The van der Waals surface area contributed by atoms with Gasteiger partial charge in [0.2, 0.25) is 0 Å². The number of carbonyl (C=O) groups is 1. The van der Waals surface area contributed by atoms with Crippen LogP contribution in [-0.4, -0.2) is 17.6 Å². The van der Waals surface area contributed by atoms with Gasteiger partial charge < -0.3 is 10.4 Å². The van der Waals surface area contributed by atoms with Crippen molar-refractivity contribution in [2.75, 3.05) is 11.9 Å². The molecule has 1 aliphatic carbocycles. The van der Waals surface area contributed by atoms with Crippen LogP contribution in [0, 0.1) is 0 Å². The zero-order valence-corrected chi connectivity index (χ0v) is 11.3. The first kappa shape index (κ1) is 11.5. The highest BCUT2D eigenvalue weighted by atomic mass is 32.1. The van der Waals surface area contributed by atoms with Crippen LogP contribution in [0.4, 0.5) is 5.69 Å². The van der Waals surface area contributed by atoms with Crippen LogP contribution in [0.15, 0.2) is 35.7 Å². The van der Waals surface area contributed by atoms with Crippen LogP contribution >= 0.6 is 11.3 Å². The molecule has 20 heavy (non-hydrogen) atoms. The summed E-state index contributed by atoms with van der Waals surface area (Å²) in [4.78, 5) is 12.3. The molecule has 3 nitrogen and oxygen atoms in total. The molecule has 0 fully saturated rings. The Labute approximate surface area is 119 Å². The number of hydrogen-bond acceptors (Lipinski definition) is 3. The fourth-order valence-electron chi connectivity index (χ4n) is 2.71. The molecular formula is C16H11NO2S. The number of rotatable bonds is 1. The molecule has 0 aromatic heterocycles. The molecule has 0 radical (unpaired) electrons. The molecule has 4 heteroatoms. The normalized spacial score (nSPS) is 13.4. The Morgan fingerprint density at radius 1 is 1.25 bits per heavy atom.